The molecule has 1 saturated heterocycles. The van der Waals surface area contributed by atoms with Gasteiger partial charge in [-0.1, -0.05) is 6.92 Å². The van der Waals surface area contributed by atoms with Crippen LogP contribution >= 0.6 is 0 Å². The minimum absolute atomic E-state index is 0.0336. The van der Waals surface area contributed by atoms with Gasteiger partial charge >= 0.3 is 0 Å². The zero-order valence-corrected chi connectivity index (χ0v) is 16.1. The summed E-state index contributed by atoms with van der Waals surface area (Å²) in [6.07, 6.45) is 5.65. The quantitative estimate of drug-likeness (QED) is 0.836. The molecule has 7 heteroatoms. The molecule has 1 aliphatic rings. The van der Waals surface area contributed by atoms with Crippen molar-refractivity contribution in [1.29, 1.82) is 0 Å². The highest BCUT2D eigenvalue weighted by atomic mass is 16.5. The van der Waals surface area contributed by atoms with Crippen LogP contribution in [0.3, 0.4) is 0 Å². The van der Waals surface area contributed by atoms with E-state index < -0.39 is 0 Å². The number of methoxy groups -OCH3 is 2. The van der Waals surface area contributed by atoms with Crippen molar-refractivity contribution in [2.75, 3.05) is 26.1 Å². The van der Waals surface area contributed by atoms with Gasteiger partial charge in [0.05, 0.1) is 19.9 Å². The van der Waals surface area contributed by atoms with Gasteiger partial charge in [0.25, 0.3) is 5.91 Å². The molecule has 27 heavy (non-hydrogen) atoms. The number of likely N-dealkylation sites (tertiary alicyclic amines) is 1. The SMILES string of the molecule is CCC1CCCCN1C(=O)c1cc(Nc2ccc(OC)cc2OC)ncn1. The van der Waals surface area contributed by atoms with Crippen molar-refractivity contribution in [1.82, 2.24) is 14.9 Å². The Labute approximate surface area is 159 Å². The molecule has 1 amide bonds. The number of rotatable bonds is 6. The number of nitrogens with zero attached hydrogens (tertiary/aromatic N) is 3. The molecule has 1 aliphatic heterocycles. The highest BCUT2D eigenvalue weighted by molar-refractivity contribution is 5.93. The van der Waals surface area contributed by atoms with E-state index in [9.17, 15) is 4.79 Å². The largest absolute Gasteiger partial charge is 0.497 e. The average Bonchev–Trinajstić information content (AvgIpc) is 2.73. The molecule has 1 aromatic carbocycles. The number of ether oxygens (including phenoxy) is 2. The first-order valence-corrected chi connectivity index (χ1v) is 9.28. The van der Waals surface area contributed by atoms with Crippen LogP contribution < -0.4 is 14.8 Å². The van der Waals surface area contributed by atoms with Crippen molar-refractivity contribution >= 4 is 17.4 Å². The van der Waals surface area contributed by atoms with Crippen LogP contribution in [0, 0.1) is 0 Å². The van der Waals surface area contributed by atoms with Gasteiger partial charge in [-0.05, 0) is 37.8 Å². The van der Waals surface area contributed by atoms with Gasteiger partial charge < -0.3 is 19.7 Å². The number of carbonyl (C=O) groups excluding carboxylic acids is 1. The summed E-state index contributed by atoms with van der Waals surface area (Å²) in [5.41, 5.74) is 1.14. The lowest BCUT2D eigenvalue weighted by Crippen LogP contribution is -2.43. The number of hydrogen-bond acceptors (Lipinski definition) is 6. The van der Waals surface area contributed by atoms with Crippen LogP contribution in [0.25, 0.3) is 0 Å². The van der Waals surface area contributed by atoms with Gasteiger partial charge in [-0.3, -0.25) is 4.79 Å². The maximum Gasteiger partial charge on any atom is 0.272 e. The van der Waals surface area contributed by atoms with E-state index in [1.165, 1.54) is 12.7 Å². The molecule has 7 nitrogen and oxygen atoms in total. The molecule has 0 radical (unpaired) electrons. The minimum Gasteiger partial charge on any atom is -0.497 e. The van der Waals surface area contributed by atoms with Crippen LogP contribution in [-0.4, -0.2) is 47.6 Å². The molecule has 1 unspecified atom stereocenters. The third-order valence-corrected chi connectivity index (χ3v) is 4.92. The molecule has 1 aromatic heterocycles. The molecule has 2 aromatic rings. The number of benzene rings is 1. The third-order valence-electron chi connectivity index (χ3n) is 4.92. The van der Waals surface area contributed by atoms with Crippen molar-refractivity contribution in [2.45, 2.75) is 38.6 Å². The molecular formula is C20H26N4O3. The van der Waals surface area contributed by atoms with Gasteiger partial charge in [0, 0.05) is 24.7 Å². The Kier molecular flexibility index (Phi) is 6.11. The van der Waals surface area contributed by atoms with Crippen molar-refractivity contribution < 1.29 is 14.3 Å². The Morgan fingerprint density at radius 1 is 1.22 bits per heavy atom. The molecule has 1 N–H and O–H groups in total. The second-order valence-corrected chi connectivity index (χ2v) is 6.54. The van der Waals surface area contributed by atoms with Crippen LogP contribution in [0.2, 0.25) is 0 Å². The monoisotopic (exact) mass is 370 g/mol. The van der Waals surface area contributed by atoms with Crippen molar-refractivity contribution in [2.24, 2.45) is 0 Å². The van der Waals surface area contributed by atoms with Crippen molar-refractivity contribution in [3.05, 3.63) is 36.3 Å². The molecule has 144 valence electrons. The molecule has 0 saturated carbocycles. The summed E-state index contributed by atoms with van der Waals surface area (Å²) in [5, 5.41) is 3.20. The molecule has 3 rings (SSSR count). The fourth-order valence-corrected chi connectivity index (χ4v) is 3.42. The van der Waals surface area contributed by atoms with Crippen LogP contribution in [0.4, 0.5) is 11.5 Å². The summed E-state index contributed by atoms with van der Waals surface area (Å²) in [7, 11) is 3.20. The summed E-state index contributed by atoms with van der Waals surface area (Å²) >= 11 is 0. The number of aromatic nitrogens is 2. The van der Waals surface area contributed by atoms with Crippen molar-refractivity contribution in [3.8, 4) is 11.5 Å². The summed E-state index contributed by atoms with van der Waals surface area (Å²) in [6, 6.07) is 7.44. The Bertz CT molecular complexity index is 797. The first-order chi connectivity index (χ1) is 13.2. The van der Waals surface area contributed by atoms with E-state index in [4.69, 9.17) is 9.47 Å². The van der Waals surface area contributed by atoms with Gasteiger partial charge in [-0.2, -0.15) is 0 Å². The molecule has 2 heterocycles. The maximum atomic E-state index is 12.9. The highest BCUT2D eigenvalue weighted by Gasteiger charge is 2.27. The van der Waals surface area contributed by atoms with Gasteiger partial charge in [0.15, 0.2) is 0 Å². The van der Waals surface area contributed by atoms with E-state index in [1.54, 1.807) is 26.4 Å². The Balaban J connectivity index is 1.80. The number of anilines is 2. The number of piperidine rings is 1. The second-order valence-electron chi connectivity index (χ2n) is 6.54. The summed E-state index contributed by atoms with van der Waals surface area (Å²) in [5.74, 6) is 1.84. The number of carbonyl (C=O) groups is 1. The Hall–Kier alpha value is -2.83. The molecule has 0 bridgehead atoms. The van der Waals surface area contributed by atoms with Gasteiger partial charge in [-0.25, -0.2) is 9.97 Å². The van der Waals surface area contributed by atoms with Crippen LogP contribution in [0.5, 0.6) is 11.5 Å². The summed E-state index contributed by atoms with van der Waals surface area (Å²) in [6.45, 7) is 2.91. The van der Waals surface area contributed by atoms with Gasteiger partial charge in [0.2, 0.25) is 0 Å². The molecule has 0 aliphatic carbocycles. The lowest BCUT2D eigenvalue weighted by atomic mass is 9.99. The average molecular weight is 370 g/mol. The highest BCUT2D eigenvalue weighted by Crippen LogP contribution is 2.31. The van der Waals surface area contributed by atoms with Crippen LogP contribution in [-0.2, 0) is 0 Å². The molecule has 0 spiro atoms. The predicted molar refractivity (Wildman–Crippen MR) is 104 cm³/mol. The normalized spacial score (nSPS) is 16.7. The Morgan fingerprint density at radius 3 is 2.81 bits per heavy atom. The lowest BCUT2D eigenvalue weighted by molar-refractivity contribution is 0.0602. The summed E-state index contributed by atoms with van der Waals surface area (Å²) < 4.78 is 10.6. The summed E-state index contributed by atoms with van der Waals surface area (Å²) in [4.78, 5) is 23.3. The van der Waals surface area contributed by atoms with Crippen molar-refractivity contribution in [3.63, 3.8) is 0 Å². The fourth-order valence-electron chi connectivity index (χ4n) is 3.42. The molecular weight excluding hydrogens is 344 g/mol. The molecule has 1 fully saturated rings. The minimum atomic E-state index is -0.0336. The van der Waals surface area contributed by atoms with E-state index >= 15 is 0 Å². The second kappa shape index (κ2) is 8.70. The number of nitrogens with one attached hydrogen (secondary N) is 1. The van der Waals surface area contributed by atoms with E-state index in [0.29, 0.717) is 29.1 Å². The number of hydrogen-bond donors (Lipinski definition) is 1. The zero-order valence-electron chi connectivity index (χ0n) is 16.1. The van der Waals surface area contributed by atoms with E-state index in [2.05, 4.69) is 22.2 Å². The maximum absolute atomic E-state index is 12.9. The number of amides is 1. The van der Waals surface area contributed by atoms with E-state index in [-0.39, 0.29) is 5.91 Å². The first-order valence-electron chi connectivity index (χ1n) is 9.28. The van der Waals surface area contributed by atoms with E-state index in [0.717, 1.165) is 31.5 Å². The van der Waals surface area contributed by atoms with Crippen LogP contribution in [0.1, 0.15) is 43.1 Å². The lowest BCUT2D eigenvalue weighted by Gasteiger charge is -2.35. The molecule has 1 atom stereocenters. The Morgan fingerprint density at radius 2 is 2.07 bits per heavy atom. The predicted octanol–water partition coefficient (Wildman–Crippen LogP) is 3.64. The van der Waals surface area contributed by atoms with Gasteiger partial charge in [-0.15, -0.1) is 0 Å². The fraction of sp³-hybridized carbons (Fsp3) is 0.450. The smallest absolute Gasteiger partial charge is 0.272 e. The van der Waals surface area contributed by atoms with E-state index in [1.807, 2.05) is 17.0 Å². The first kappa shape index (κ1) is 18.9. The third kappa shape index (κ3) is 4.30. The standard InChI is InChI=1S/C20H26N4O3/c1-4-14-7-5-6-10-24(14)20(25)17-12-19(22-13-21-17)23-16-9-8-15(26-2)11-18(16)27-3/h8-9,11-14H,4-7,10H2,1-3H3,(H,21,22,23). The topological polar surface area (TPSA) is 76.6 Å². The van der Waals surface area contributed by atoms with Crippen LogP contribution in [0.15, 0.2) is 30.6 Å². The van der Waals surface area contributed by atoms with Gasteiger partial charge in [0.1, 0.15) is 29.3 Å². The zero-order chi connectivity index (χ0) is 19.2.